The molecule has 0 radical (unpaired) electrons. The lowest BCUT2D eigenvalue weighted by Gasteiger charge is -2.21. The second-order valence-electron chi connectivity index (χ2n) is 4.14. The Hall–Kier alpha value is -1.31. The molecule has 0 unspecified atom stereocenters. The van der Waals surface area contributed by atoms with Crippen LogP contribution in [0.2, 0.25) is 0 Å². The number of nitrogens with zero attached hydrogens (tertiary/aromatic N) is 1. The maximum atomic E-state index is 11.8. The van der Waals surface area contributed by atoms with Crippen LogP contribution in [0.5, 0.6) is 0 Å². The van der Waals surface area contributed by atoms with Crippen molar-refractivity contribution in [3.05, 3.63) is 29.8 Å². The van der Waals surface area contributed by atoms with E-state index in [0.717, 1.165) is 11.3 Å². The Morgan fingerprint density at radius 2 is 2.07 bits per heavy atom. The van der Waals surface area contributed by atoms with E-state index in [1.165, 1.54) is 12.8 Å². The zero-order valence-electron chi connectivity index (χ0n) is 9.36. The molecule has 0 heterocycles. The highest BCUT2D eigenvalue weighted by Crippen LogP contribution is 2.32. The lowest BCUT2D eigenvalue weighted by molar-refractivity contribution is 0.0988. The lowest BCUT2D eigenvalue weighted by atomic mass is 10.1. The standard InChI is InChI=1S/C13H17NO/c1-3-13(15)11-6-4-5-7-12(11)14(2)10-8-9-10/h4-7,10H,3,8-9H2,1-2H3. The molecule has 1 saturated carbocycles. The quantitative estimate of drug-likeness (QED) is 0.701. The maximum absolute atomic E-state index is 11.8. The molecular weight excluding hydrogens is 186 g/mol. The summed E-state index contributed by atoms with van der Waals surface area (Å²) < 4.78 is 0. The maximum Gasteiger partial charge on any atom is 0.164 e. The largest absolute Gasteiger partial charge is 0.371 e. The van der Waals surface area contributed by atoms with Crippen LogP contribution in [0.1, 0.15) is 36.5 Å². The third-order valence-electron chi connectivity index (χ3n) is 3.00. The van der Waals surface area contributed by atoms with E-state index in [2.05, 4.69) is 11.9 Å². The monoisotopic (exact) mass is 203 g/mol. The van der Waals surface area contributed by atoms with Gasteiger partial charge in [0, 0.05) is 30.8 Å². The number of rotatable bonds is 4. The molecule has 0 N–H and O–H groups in total. The average molecular weight is 203 g/mol. The van der Waals surface area contributed by atoms with Crippen LogP contribution in [0, 0.1) is 0 Å². The summed E-state index contributed by atoms with van der Waals surface area (Å²) in [5.41, 5.74) is 1.96. The number of benzene rings is 1. The van der Waals surface area contributed by atoms with Gasteiger partial charge in [0.2, 0.25) is 0 Å². The minimum atomic E-state index is 0.234. The van der Waals surface area contributed by atoms with Gasteiger partial charge >= 0.3 is 0 Å². The van der Waals surface area contributed by atoms with Crippen LogP contribution in [0.3, 0.4) is 0 Å². The van der Waals surface area contributed by atoms with E-state index in [9.17, 15) is 4.79 Å². The Kier molecular flexibility index (Phi) is 2.76. The van der Waals surface area contributed by atoms with Crippen molar-refractivity contribution in [1.29, 1.82) is 0 Å². The molecule has 0 amide bonds. The van der Waals surface area contributed by atoms with E-state index >= 15 is 0 Å². The van der Waals surface area contributed by atoms with E-state index in [-0.39, 0.29) is 5.78 Å². The highest BCUT2D eigenvalue weighted by atomic mass is 16.1. The van der Waals surface area contributed by atoms with Gasteiger partial charge < -0.3 is 4.90 Å². The second kappa shape index (κ2) is 4.05. The number of hydrogen-bond acceptors (Lipinski definition) is 2. The molecule has 0 spiro atoms. The van der Waals surface area contributed by atoms with Crippen molar-refractivity contribution in [2.75, 3.05) is 11.9 Å². The number of Topliss-reactive ketones (excluding diaryl/α,β-unsaturated/α-hetero) is 1. The fourth-order valence-electron chi connectivity index (χ4n) is 1.87. The lowest BCUT2D eigenvalue weighted by Crippen LogP contribution is -2.21. The molecular formula is C13H17NO. The number of carbonyl (C=O) groups excluding carboxylic acids is 1. The zero-order chi connectivity index (χ0) is 10.8. The molecule has 15 heavy (non-hydrogen) atoms. The van der Waals surface area contributed by atoms with Gasteiger partial charge in [-0.15, -0.1) is 0 Å². The molecule has 80 valence electrons. The SMILES string of the molecule is CCC(=O)c1ccccc1N(C)C1CC1. The van der Waals surface area contributed by atoms with E-state index in [4.69, 9.17) is 0 Å². The third-order valence-corrected chi connectivity index (χ3v) is 3.00. The summed E-state index contributed by atoms with van der Waals surface area (Å²) in [6.07, 6.45) is 3.09. The Morgan fingerprint density at radius 3 is 2.67 bits per heavy atom. The molecule has 0 saturated heterocycles. The molecule has 2 rings (SSSR count). The molecule has 0 bridgehead atoms. The van der Waals surface area contributed by atoms with Crippen LogP contribution < -0.4 is 4.90 Å². The van der Waals surface area contributed by atoms with Gasteiger partial charge in [0.25, 0.3) is 0 Å². The Balaban J connectivity index is 2.32. The van der Waals surface area contributed by atoms with Crippen molar-refractivity contribution in [3.63, 3.8) is 0 Å². The van der Waals surface area contributed by atoms with Crippen molar-refractivity contribution in [3.8, 4) is 0 Å². The summed E-state index contributed by atoms with van der Waals surface area (Å²) >= 11 is 0. The molecule has 1 aliphatic carbocycles. The van der Waals surface area contributed by atoms with Gasteiger partial charge in [-0.25, -0.2) is 0 Å². The minimum Gasteiger partial charge on any atom is -0.371 e. The van der Waals surface area contributed by atoms with Crippen molar-refractivity contribution >= 4 is 11.5 Å². The van der Waals surface area contributed by atoms with E-state index in [0.29, 0.717) is 12.5 Å². The Labute approximate surface area is 90.9 Å². The van der Waals surface area contributed by atoms with Crippen LogP contribution in [0.25, 0.3) is 0 Å². The van der Waals surface area contributed by atoms with E-state index in [1.807, 2.05) is 31.2 Å². The summed E-state index contributed by atoms with van der Waals surface area (Å²) in [5, 5.41) is 0. The third kappa shape index (κ3) is 2.04. The summed E-state index contributed by atoms with van der Waals surface area (Å²) in [4.78, 5) is 14.0. The average Bonchev–Trinajstić information content (AvgIpc) is 3.11. The summed E-state index contributed by atoms with van der Waals surface area (Å²) in [6.45, 7) is 1.91. The smallest absolute Gasteiger partial charge is 0.164 e. The molecule has 0 atom stereocenters. The highest BCUT2D eigenvalue weighted by Gasteiger charge is 2.28. The molecule has 1 aromatic carbocycles. The van der Waals surface area contributed by atoms with E-state index < -0.39 is 0 Å². The zero-order valence-corrected chi connectivity index (χ0v) is 9.36. The van der Waals surface area contributed by atoms with Crippen molar-refractivity contribution in [2.45, 2.75) is 32.2 Å². The van der Waals surface area contributed by atoms with Crippen LogP contribution >= 0.6 is 0 Å². The molecule has 1 aromatic rings. The van der Waals surface area contributed by atoms with Crippen LogP contribution in [-0.4, -0.2) is 18.9 Å². The summed E-state index contributed by atoms with van der Waals surface area (Å²) in [7, 11) is 2.08. The first-order valence-corrected chi connectivity index (χ1v) is 5.59. The molecule has 2 heteroatoms. The van der Waals surface area contributed by atoms with Crippen LogP contribution in [0.15, 0.2) is 24.3 Å². The molecule has 0 aromatic heterocycles. The van der Waals surface area contributed by atoms with Gasteiger partial charge in [-0.05, 0) is 25.0 Å². The van der Waals surface area contributed by atoms with Crippen molar-refractivity contribution in [2.24, 2.45) is 0 Å². The molecule has 0 aliphatic heterocycles. The number of carbonyl (C=O) groups is 1. The topological polar surface area (TPSA) is 20.3 Å². The predicted octanol–water partition coefficient (Wildman–Crippen LogP) is 2.88. The normalized spacial score (nSPS) is 15.1. The highest BCUT2D eigenvalue weighted by molar-refractivity contribution is 6.01. The number of para-hydroxylation sites is 1. The first kappa shape index (κ1) is 10.2. The number of ketones is 1. The number of anilines is 1. The Bertz CT molecular complexity index is 369. The molecule has 1 aliphatic rings. The van der Waals surface area contributed by atoms with Gasteiger partial charge in [-0.3, -0.25) is 4.79 Å². The van der Waals surface area contributed by atoms with Gasteiger partial charge in [-0.1, -0.05) is 19.1 Å². The predicted molar refractivity (Wildman–Crippen MR) is 62.5 cm³/mol. The van der Waals surface area contributed by atoms with Gasteiger partial charge in [0.15, 0.2) is 5.78 Å². The van der Waals surface area contributed by atoms with Gasteiger partial charge in [0.1, 0.15) is 0 Å². The first-order chi connectivity index (χ1) is 7.24. The number of hydrogen-bond donors (Lipinski definition) is 0. The minimum absolute atomic E-state index is 0.234. The van der Waals surface area contributed by atoms with Crippen LogP contribution in [0.4, 0.5) is 5.69 Å². The fraction of sp³-hybridized carbons (Fsp3) is 0.462. The van der Waals surface area contributed by atoms with E-state index in [1.54, 1.807) is 0 Å². The van der Waals surface area contributed by atoms with Crippen LogP contribution in [-0.2, 0) is 0 Å². The molecule has 1 fully saturated rings. The van der Waals surface area contributed by atoms with Gasteiger partial charge in [-0.2, -0.15) is 0 Å². The van der Waals surface area contributed by atoms with Gasteiger partial charge in [0.05, 0.1) is 0 Å². The van der Waals surface area contributed by atoms with Crippen molar-refractivity contribution < 1.29 is 4.79 Å². The first-order valence-electron chi connectivity index (χ1n) is 5.59. The van der Waals surface area contributed by atoms with Crippen molar-refractivity contribution in [1.82, 2.24) is 0 Å². The molecule has 2 nitrogen and oxygen atoms in total. The fourth-order valence-corrected chi connectivity index (χ4v) is 1.87. The summed E-state index contributed by atoms with van der Waals surface area (Å²) in [6, 6.07) is 8.56. The second-order valence-corrected chi connectivity index (χ2v) is 4.14. The Morgan fingerprint density at radius 1 is 1.40 bits per heavy atom. The summed E-state index contributed by atoms with van der Waals surface area (Å²) in [5.74, 6) is 0.234.